The van der Waals surface area contributed by atoms with E-state index in [0.717, 1.165) is 29.7 Å². The van der Waals surface area contributed by atoms with Gasteiger partial charge in [-0.25, -0.2) is 9.97 Å². The van der Waals surface area contributed by atoms with E-state index in [2.05, 4.69) is 31.2 Å². The first-order chi connectivity index (χ1) is 29.8. The minimum Gasteiger partial charge on any atom is -0.619 e. The van der Waals surface area contributed by atoms with E-state index in [1.807, 2.05) is 19.1 Å². The largest absolute Gasteiger partial charge is 0.619 e. The number of carbonyl (C=O) groups is 2. The second kappa shape index (κ2) is 22.9. The lowest BCUT2D eigenvalue weighted by Gasteiger charge is -2.18. The number of aromatic nitrogens is 6. The van der Waals surface area contributed by atoms with E-state index in [9.17, 15) is 34.7 Å². The Balaban J connectivity index is 0.000000234. The summed E-state index contributed by atoms with van der Waals surface area (Å²) in [6.45, 7) is 1.54. The van der Waals surface area contributed by atoms with Crippen LogP contribution < -0.4 is 41.8 Å². The lowest BCUT2D eigenvalue weighted by atomic mass is 10.1. The number of nitrogens with one attached hydrogen (secondary N) is 4. The van der Waals surface area contributed by atoms with Gasteiger partial charge in [0.1, 0.15) is 23.4 Å². The van der Waals surface area contributed by atoms with Gasteiger partial charge < -0.3 is 36.8 Å². The zero-order valence-corrected chi connectivity index (χ0v) is 35.6. The van der Waals surface area contributed by atoms with Gasteiger partial charge in [-0.1, -0.05) is 89.4 Å². The number of anilines is 2. The molecule has 0 radical (unpaired) electrons. The lowest BCUT2D eigenvalue weighted by molar-refractivity contribution is -0.614. The highest BCUT2D eigenvalue weighted by atomic mass is 35.5. The van der Waals surface area contributed by atoms with Gasteiger partial charge >= 0.3 is 0 Å². The number of carbonyl (C=O) groups excluding carboxylic acids is 2. The van der Waals surface area contributed by atoms with Crippen LogP contribution in [0.4, 0.5) is 11.6 Å². The van der Waals surface area contributed by atoms with Crippen LogP contribution in [0.1, 0.15) is 41.5 Å². The molecule has 17 nitrogen and oxygen atoms in total. The average molecular weight is 906 g/mol. The van der Waals surface area contributed by atoms with Crippen LogP contribution in [0.15, 0.2) is 125 Å². The Morgan fingerprint density at radius 1 is 0.694 bits per heavy atom. The first-order valence-electron chi connectivity index (χ1n) is 19.2. The number of amides is 2. The fourth-order valence-corrected chi connectivity index (χ4v) is 6.57. The van der Waals surface area contributed by atoms with E-state index < -0.39 is 23.1 Å². The van der Waals surface area contributed by atoms with Crippen LogP contribution in [-0.2, 0) is 35.5 Å². The molecule has 5 N–H and O–H groups in total. The summed E-state index contributed by atoms with van der Waals surface area (Å²) >= 11 is 18.2. The summed E-state index contributed by atoms with van der Waals surface area (Å²) in [5.74, 6) is -0.799. The third kappa shape index (κ3) is 13.2. The molecule has 4 heterocycles. The van der Waals surface area contributed by atoms with E-state index in [4.69, 9.17) is 34.8 Å². The number of hydrogen-bond donors (Lipinski definition) is 5. The van der Waals surface area contributed by atoms with Crippen molar-refractivity contribution in [2.45, 2.75) is 44.9 Å². The first-order valence-corrected chi connectivity index (χ1v) is 20.3. The molecule has 2 aromatic carbocycles. The van der Waals surface area contributed by atoms with Crippen molar-refractivity contribution in [3.63, 3.8) is 0 Å². The van der Waals surface area contributed by atoms with E-state index in [1.165, 1.54) is 24.8 Å². The Labute approximate surface area is 370 Å². The van der Waals surface area contributed by atoms with Crippen LogP contribution in [0.25, 0.3) is 0 Å². The summed E-state index contributed by atoms with van der Waals surface area (Å²) in [6, 6.07) is 25.4. The normalized spacial score (nSPS) is 11.7. The van der Waals surface area contributed by atoms with Gasteiger partial charge in [-0.3, -0.25) is 28.3 Å². The predicted octanol–water partition coefficient (Wildman–Crippen LogP) is 3.75. The van der Waals surface area contributed by atoms with Crippen LogP contribution in [0.5, 0.6) is 0 Å². The molecule has 0 saturated carbocycles. The zero-order chi connectivity index (χ0) is 44.6. The number of aliphatic hydroxyl groups excluding tert-OH is 1. The minimum absolute atomic E-state index is 0.00594. The highest BCUT2D eigenvalue weighted by Gasteiger charge is 2.18. The second-order valence-electron chi connectivity index (χ2n) is 13.6. The van der Waals surface area contributed by atoms with E-state index in [1.54, 1.807) is 78.9 Å². The van der Waals surface area contributed by atoms with Crippen LogP contribution in [-0.4, -0.2) is 55.7 Å². The number of pyridine rings is 2. The highest BCUT2D eigenvalue weighted by molar-refractivity contribution is 6.30. The monoisotopic (exact) mass is 904 g/mol. The maximum Gasteiger partial charge on any atom is 0.294 e. The summed E-state index contributed by atoms with van der Waals surface area (Å²) in [5, 5.41) is 44.9. The van der Waals surface area contributed by atoms with Gasteiger partial charge in [0.25, 0.3) is 11.1 Å². The van der Waals surface area contributed by atoms with Crippen molar-refractivity contribution in [2.75, 3.05) is 30.3 Å². The molecule has 62 heavy (non-hydrogen) atoms. The van der Waals surface area contributed by atoms with Gasteiger partial charge in [-0.15, -0.1) is 0 Å². The fraction of sp³-hybridized carbons (Fsp3) is 0.238. The molecule has 0 aliphatic rings. The number of hydrogen-bond acceptors (Lipinski definition) is 11. The predicted molar refractivity (Wildman–Crippen MR) is 235 cm³/mol. The van der Waals surface area contributed by atoms with Crippen molar-refractivity contribution < 1.29 is 24.2 Å². The summed E-state index contributed by atoms with van der Waals surface area (Å²) in [7, 11) is 0. The quantitative estimate of drug-likeness (QED) is 0.0655. The van der Waals surface area contributed by atoms with Gasteiger partial charge in [0.2, 0.25) is 11.8 Å². The molecule has 0 unspecified atom stereocenters. The minimum atomic E-state index is -0.604. The number of halogens is 3. The van der Waals surface area contributed by atoms with E-state index in [-0.39, 0.29) is 53.6 Å². The van der Waals surface area contributed by atoms with E-state index in [0.29, 0.717) is 42.3 Å². The Kier molecular flexibility index (Phi) is 17.2. The third-order valence-corrected chi connectivity index (χ3v) is 10.1. The van der Waals surface area contributed by atoms with Gasteiger partial charge in [0.05, 0.1) is 43.9 Å². The van der Waals surface area contributed by atoms with Gasteiger partial charge in [-0.2, -0.15) is 9.46 Å². The Hall–Kier alpha value is -6.53. The Bertz CT molecular complexity index is 2580. The molecule has 20 heteroatoms. The molecule has 0 bridgehead atoms. The van der Waals surface area contributed by atoms with Crippen LogP contribution in [0.2, 0.25) is 15.3 Å². The molecule has 2 amide bonds. The lowest BCUT2D eigenvalue weighted by Crippen LogP contribution is -2.37. The molecule has 6 rings (SSSR count). The molecule has 6 aromatic rings. The summed E-state index contributed by atoms with van der Waals surface area (Å²) in [4.78, 5) is 58.4. The first kappa shape index (κ1) is 46.5. The van der Waals surface area contributed by atoms with Crippen molar-refractivity contribution in [3.05, 3.63) is 185 Å². The average Bonchev–Trinajstić information content (AvgIpc) is 3.26. The number of nitrogens with zero attached hydrogens (tertiary/aromatic N) is 6. The van der Waals surface area contributed by atoms with Crippen LogP contribution in [0, 0.1) is 10.4 Å². The molecule has 0 saturated heterocycles. The van der Waals surface area contributed by atoms with Crippen molar-refractivity contribution in [2.24, 2.45) is 0 Å². The van der Waals surface area contributed by atoms with Crippen molar-refractivity contribution in [1.29, 1.82) is 0 Å². The van der Waals surface area contributed by atoms with Crippen molar-refractivity contribution in [3.8, 4) is 0 Å². The molecule has 4 aromatic heterocycles. The highest BCUT2D eigenvalue weighted by Crippen LogP contribution is 2.18. The zero-order valence-electron chi connectivity index (χ0n) is 33.3. The Morgan fingerprint density at radius 3 is 1.66 bits per heavy atom. The summed E-state index contributed by atoms with van der Waals surface area (Å²) in [6.07, 6.45) is 6.16. The fourth-order valence-electron chi connectivity index (χ4n) is 6.00. The maximum atomic E-state index is 12.7. The summed E-state index contributed by atoms with van der Waals surface area (Å²) in [5.41, 5.74) is 1.59. The van der Waals surface area contributed by atoms with Crippen LogP contribution >= 0.6 is 34.8 Å². The standard InChI is InChI=1S/C21H21Cl2N5O3.C21H22ClN5O4/c1-14(15-5-4-6-16(22)11-15)26-19(29)13-27-18(23)12-25-20(21(27)30)24-9-8-17-7-2-3-10-28(17)31;22-18-12-24-20(23-10-9-16-8-4-5-11-27(16)31)21(30)26(18)13-19(29)25-17(14-28)15-6-2-1-3-7-15/h2-7,10-12,14H,8-9,13H2,1H3,(H,24,25)(H,26,29);1-8,11-12,17,28H,9-10,13-14H2,(H,23,24)(H,25,29)/t14-;17-/m11/s1. The molecule has 0 fully saturated rings. The maximum absolute atomic E-state index is 12.7. The summed E-state index contributed by atoms with van der Waals surface area (Å²) < 4.78 is 3.74. The van der Waals surface area contributed by atoms with Crippen molar-refractivity contribution >= 4 is 58.3 Å². The number of aliphatic hydroxyl groups is 1. The molecule has 2 atom stereocenters. The van der Waals surface area contributed by atoms with Gasteiger partial charge in [-0.05, 0) is 30.2 Å². The van der Waals surface area contributed by atoms with E-state index >= 15 is 0 Å². The number of benzene rings is 2. The molecule has 0 aliphatic carbocycles. The molecular formula is C42H43Cl3N10O7. The molecule has 324 valence electrons. The molecule has 0 aliphatic heterocycles. The van der Waals surface area contributed by atoms with Crippen molar-refractivity contribution in [1.82, 2.24) is 29.7 Å². The smallest absolute Gasteiger partial charge is 0.294 e. The van der Waals surface area contributed by atoms with Crippen LogP contribution in [0.3, 0.4) is 0 Å². The molecular weight excluding hydrogens is 863 g/mol. The third-order valence-electron chi connectivity index (χ3n) is 9.22. The molecule has 0 spiro atoms. The second-order valence-corrected chi connectivity index (χ2v) is 14.8. The van der Waals surface area contributed by atoms with Gasteiger partial charge in [0.15, 0.2) is 35.4 Å². The SMILES string of the molecule is C[C@@H](NC(=O)Cn1c(Cl)cnc(NCCc2cccc[n+]2[O-])c1=O)c1cccc(Cl)c1.O=C(Cn1c(Cl)cnc(NCCc2cccc[n+]2[O-])c1=O)N[C@H](CO)c1ccccc1. The topological polar surface area (TPSA) is 226 Å². The van der Waals surface area contributed by atoms with Gasteiger partial charge in [0, 0.05) is 42.4 Å². The Morgan fingerprint density at radius 2 is 1.18 bits per heavy atom. The number of rotatable bonds is 17.